The van der Waals surface area contributed by atoms with Gasteiger partial charge >= 0.3 is 0 Å². The smallest absolute Gasteiger partial charge is 0.229 e. The van der Waals surface area contributed by atoms with E-state index in [0.717, 1.165) is 29.4 Å². The zero-order valence-corrected chi connectivity index (χ0v) is 17.8. The van der Waals surface area contributed by atoms with Gasteiger partial charge in [-0.25, -0.2) is 17.8 Å². The molecule has 0 aliphatic heterocycles. The maximum atomic E-state index is 13.6. The van der Waals surface area contributed by atoms with Crippen molar-refractivity contribution in [1.82, 2.24) is 19.6 Å². The SMILES string of the molecule is Cc1cnn2c(NCCc3ccc(NS(C)(=O)=O)cc3)cc(-c3cncc(F)c3)nc12. The van der Waals surface area contributed by atoms with Crippen LogP contribution in [0.2, 0.25) is 0 Å². The number of nitrogens with one attached hydrogen (secondary N) is 2. The Kier molecular flexibility index (Phi) is 5.55. The molecule has 0 spiro atoms. The van der Waals surface area contributed by atoms with Crippen LogP contribution in [0.25, 0.3) is 16.9 Å². The third kappa shape index (κ3) is 4.97. The van der Waals surface area contributed by atoms with Crippen LogP contribution in [0, 0.1) is 12.7 Å². The fraction of sp³-hybridized carbons (Fsp3) is 0.190. The van der Waals surface area contributed by atoms with Gasteiger partial charge in [0.1, 0.15) is 11.6 Å². The molecule has 1 aromatic carbocycles. The minimum absolute atomic E-state index is 0.423. The zero-order valence-electron chi connectivity index (χ0n) is 17.0. The summed E-state index contributed by atoms with van der Waals surface area (Å²) in [4.78, 5) is 8.52. The topological polar surface area (TPSA) is 101 Å². The normalized spacial score (nSPS) is 11.6. The number of nitrogens with zero attached hydrogens (tertiary/aromatic N) is 4. The number of aromatic nitrogens is 4. The van der Waals surface area contributed by atoms with E-state index in [0.29, 0.717) is 35.6 Å². The first-order chi connectivity index (χ1) is 14.8. The molecule has 0 fully saturated rings. The molecule has 0 unspecified atom stereocenters. The van der Waals surface area contributed by atoms with Crippen molar-refractivity contribution < 1.29 is 12.8 Å². The summed E-state index contributed by atoms with van der Waals surface area (Å²) in [7, 11) is -3.30. The summed E-state index contributed by atoms with van der Waals surface area (Å²) in [6.07, 6.45) is 6.28. The number of pyridine rings is 1. The molecule has 0 saturated carbocycles. The van der Waals surface area contributed by atoms with E-state index in [1.54, 1.807) is 29.0 Å². The van der Waals surface area contributed by atoms with Crippen molar-refractivity contribution >= 4 is 27.2 Å². The molecule has 0 aliphatic rings. The molecule has 2 N–H and O–H groups in total. The maximum absolute atomic E-state index is 13.6. The van der Waals surface area contributed by atoms with Crippen molar-refractivity contribution in [3.63, 3.8) is 0 Å². The Bertz CT molecular complexity index is 1340. The lowest BCUT2D eigenvalue weighted by atomic mass is 10.1. The predicted octanol–water partition coefficient (Wildman–Crippen LogP) is 3.26. The van der Waals surface area contributed by atoms with Crippen molar-refractivity contribution in [1.29, 1.82) is 0 Å². The maximum Gasteiger partial charge on any atom is 0.229 e. The highest BCUT2D eigenvalue weighted by Gasteiger charge is 2.11. The molecule has 3 heterocycles. The van der Waals surface area contributed by atoms with Gasteiger partial charge < -0.3 is 5.32 Å². The monoisotopic (exact) mass is 440 g/mol. The lowest BCUT2D eigenvalue weighted by Crippen LogP contribution is -2.11. The van der Waals surface area contributed by atoms with E-state index in [9.17, 15) is 12.8 Å². The molecular weight excluding hydrogens is 419 g/mol. The van der Waals surface area contributed by atoms with Crippen molar-refractivity contribution in [2.45, 2.75) is 13.3 Å². The average Bonchev–Trinajstić information content (AvgIpc) is 3.09. The summed E-state index contributed by atoms with van der Waals surface area (Å²) in [5, 5.41) is 7.74. The quantitative estimate of drug-likeness (QED) is 0.457. The van der Waals surface area contributed by atoms with Gasteiger partial charge in [-0.05, 0) is 37.1 Å². The van der Waals surface area contributed by atoms with Crippen LogP contribution in [0.3, 0.4) is 0 Å². The molecule has 0 amide bonds. The van der Waals surface area contributed by atoms with Crippen molar-refractivity contribution in [3.05, 3.63) is 71.9 Å². The largest absolute Gasteiger partial charge is 0.370 e. The molecular formula is C21H21FN6O2S. The van der Waals surface area contributed by atoms with E-state index in [1.807, 2.05) is 25.1 Å². The number of hydrogen-bond donors (Lipinski definition) is 2. The third-order valence-electron chi connectivity index (χ3n) is 4.63. The average molecular weight is 441 g/mol. The van der Waals surface area contributed by atoms with E-state index in [-0.39, 0.29) is 0 Å². The van der Waals surface area contributed by atoms with E-state index in [4.69, 9.17) is 0 Å². The molecule has 0 atom stereocenters. The van der Waals surface area contributed by atoms with Gasteiger partial charge in [0.2, 0.25) is 10.0 Å². The number of aryl methyl sites for hydroxylation is 1. The fourth-order valence-electron chi connectivity index (χ4n) is 3.19. The molecule has 0 aliphatic carbocycles. The highest BCUT2D eigenvalue weighted by atomic mass is 32.2. The van der Waals surface area contributed by atoms with Gasteiger partial charge in [0.15, 0.2) is 5.65 Å². The van der Waals surface area contributed by atoms with Gasteiger partial charge in [0.05, 0.1) is 24.3 Å². The number of hydrogen-bond acceptors (Lipinski definition) is 6. The van der Waals surface area contributed by atoms with E-state index in [2.05, 4.69) is 25.1 Å². The second kappa shape index (κ2) is 8.31. The highest BCUT2D eigenvalue weighted by molar-refractivity contribution is 7.92. The minimum atomic E-state index is -3.30. The fourth-order valence-corrected chi connectivity index (χ4v) is 3.75. The Morgan fingerprint density at radius 3 is 2.58 bits per heavy atom. The Labute approximate surface area is 179 Å². The van der Waals surface area contributed by atoms with Crippen LogP contribution in [0.5, 0.6) is 0 Å². The third-order valence-corrected chi connectivity index (χ3v) is 5.23. The lowest BCUT2D eigenvalue weighted by Gasteiger charge is -2.11. The van der Waals surface area contributed by atoms with Crippen LogP contribution < -0.4 is 10.0 Å². The Morgan fingerprint density at radius 1 is 1.10 bits per heavy atom. The first-order valence-electron chi connectivity index (χ1n) is 9.55. The second-order valence-corrected chi connectivity index (χ2v) is 8.98. The standard InChI is InChI=1S/C21H21FN6O2S/c1-14-11-25-28-20(10-19(26-21(14)28)16-9-17(22)13-23-12-16)24-8-7-15-3-5-18(6-4-15)27-31(2,29)30/h3-6,9-13,24,27H,7-8H2,1-2H3. The molecule has 0 radical (unpaired) electrons. The van der Waals surface area contributed by atoms with Crippen LogP contribution in [0.4, 0.5) is 15.9 Å². The molecule has 10 heteroatoms. The molecule has 3 aromatic heterocycles. The number of benzene rings is 1. The van der Waals surface area contributed by atoms with Crippen LogP contribution in [0.15, 0.2) is 55.0 Å². The Balaban J connectivity index is 1.53. The van der Waals surface area contributed by atoms with Gasteiger partial charge in [0.25, 0.3) is 0 Å². The van der Waals surface area contributed by atoms with Gasteiger partial charge in [-0.1, -0.05) is 12.1 Å². The first kappa shape index (κ1) is 20.7. The van der Waals surface area contributed by atoms with Crippen LogP contribution in [0.1, 0.15) is 11.1 Å². The van der Waals surface area contributed by atoms with Gasteiger partial charge in [-0.3, -0.25) is 9.71 Å². The molecule has 0 bridgehead atoms. The van der Waals surface area contributed by atoms with E-state index in [1.165, 1.54) is 6.07 Å². The summed E-state index contributed by atoms with van der Waals surface area (Å²) in [6, 6.07) is 10.4. The van der Waals surface area contributed by atoms with Crippen molar-refractivity contribution in [2.24, 2.45) is 0 Å². The Hall–Kier alpha value is -3.53. The first-order valence-corrected chi connectivity index (χ1v) is 11.4. The molecule has 4 aromatic rings. The predicted molar refractivity (Wildman–Crippen MR) is 118 cm³/mol. The van der Waals surface area contributed by atoms with Gasteiger partial charge in [-0.15, -0.1) is 0 Å². The van der Waals surface area contributed by atoms with Gasteiger partial charge in [0, 0.05) is 35.6 Å². The van der Waals surface area contributed by atoms with Crippen molar-refractivity contribution in [3.8, 4) is 11.3 Å². The lowest BCUT2D eigenvalue weighted by molar-refractivity contribution is 0.607. The van der Waals surface area contributed by atoms with Gasteiger partial charge in [-0.2, -0.15) is 9.61 Å². The summed E-state index contributed by atoms with van der Waals surface area (Å²) in [6.45, 7) is 2.52. The highest BCUT2D eigenvalue weighted by Crippen LogP contribution is 2.23. The molecule has 8 nitrogen and oxygen atoms in total. The zero-order chi connectivity index (χ0) is 22.0. The summed E-state index contributed by atoms with van der Waals surface area (Å²) < 4.78 is 40.4. The minimum Gasteiger partial charge on any atom is -0.370 e. The molecule has 31 heavy (non-hydrogen) atoms. The molecule has 160 valence electrons. The summed E-state index contributed by atoms with van der Waals surface area (Å²) >= 11 is 0. The van der Waals surface area contributed by atoms with Crippen molar-refractivity contribution in [2.75, 3.05) is 22.8 Å². The molecule has 0 saturated heterocycles. The van der Waals surface area contributed by atoms with E-state index >= 15 is 0 Å². The van der Waals surface area contributed by atoms with E-state index < -0.39 is 15.8 Å². The van der Waals surface area contributed by atoms with Crippen LogP contribution in [-0.2, 0) is 16.4 Å². The Morgan fingerprint density at radius 2 is 1.87 bits per heavy atom. The molecule has 4 rings (SSSR count). The number of rotatable bonds is 7. The second-order valence-electron chi connectivity index (χ2n) is 7.23. The number of sulfonamides is 1. The summed E-state index contributed by atoms with van der Waals surface area (Å²) in [5.74, 6) is 0.306. The van der Waals surface area contributed by atoms with Crippen LogP contribution in [-0.4, -0.2) is 40.8 Å². The number of anilines is 2. The summed E-state index contributed by atoms with van der Waals surface area (Å²) in [5.41, 5.74) is 4.34. The number of halogens is 1. The number of fused-ring (bicyclic) bond motifs is 1. The van der Waals surface area contributed by atoms with Crippen LogP contribution >= 0.6 is 0 Å².